The molecule has 1 aliphatic rings. The van der Waals surface area contributed by atoms with Crippen LogP contribution in [0.4, 0.5) is 11.4 Å². The number of nitrogens with two attached hydrogens (primary N) is 1. The van der Waals surface area contributed by atoms with E-state index in [-0.39, 0.29) is 18.8 Å². The SMILES string of the molecule is CC(=O)N(C(=O)C(=O)NCC1COc2ccccc2O1)c1ccc(N)cc1. The number of amides is 3. The Balaban J connectivity index is 1.62. The van der Waals surface area contributed by atoms with E-state index in [0.717, 1.165) is 4.90 Å². The van der Waals surface area contributed by atoms with Gasteiger partial charge in [0.05, 0.1) is 12.2 Å². The average Bonchev–Trinajstić information content (AvgIpc) is 2.67. The molecular weight excluding hydrogens is 350 g/mol. The summed E-state index contributed by atoms with van der Waals surface area (Å²) in [6.45, 7) is 1.50. The zero-order valence-electron chi connectivity index (χ0n) is 14.7. The lowest BCUT2D eigenvalue weighted by Crippen LogP contribution is -2.48. The third-order valence-corrected chi connectivity index (χ3v) is 3.92. The van der Waals surface area contributed by atoms with Crippen LogP contribution in [0.3, 0.4) is 0 Å². The highest BCUT2D eigenvalue weighted by Gasteiger charge is 2.28. The van der Waals surface area contributed by atoms with Crippen LogP contribution < -0.4 is 25.4 Å². The first kappa shape index (κ1) is 18.2. The van der Waals surface area contributed by atoms with Gasteiger partial charge in [-0.25, -0.2) is 4.90 Å². The summed E-state index contributed by atoms with van der Waals surface area (Å²) in [5.74, 6) is -1.27. The maximum absolute atomic E-state index is 12.4. The van der Waals surface area contributed by atoms with Gasteiger partial charge in [-0.15, -0.1) is 0 Å². The molecule has 140 valence electrons. The van der Waals surface area contributed by atoms with Gasteiger partial charge in [0.2, 0.25) is 5.91 Å². The molecule has 8 heteroatoms. The van der Waals surface area contributed by atoms with Gasteiger partial charge in [0, 0.05) is 12.6 Å². The Morgan fingerprint density at radius 1 is 1.11 bits per heavy atom. The average molecular weight is 369 g/mol. The Bertz CT molecular complexity index is 866. The molecule has 27 heavy (non-hydrogen) atoms. The number of para-hydroxylation sites is 2. The van der Waals surface area contributed by atoms with Crippen molar-refractivity contribution >= 4 is 29.1 Å². The second-order valence-electron chi connectivity index (χ2n) is 5.96. The molecule has 3 N–H and O–H groups in total. The zero-order valence-corrected chi connectivity index (χ0v) is 14.7. The third kappa shape index (κ3) is 4.17. The molecule has 0 bridgehead atoms. The molecular formula is C19H19N3O5. The van der Waals surface area contributed by atoms with Gasteiger partial charge in [-0.1, -0.05) is 12.1 Å². The normalized spacial score (nSPS) is 14.9. The first-order chi connectivity index (χ1) is 13.0. The monoisotopic (exact) mass is 369 g/mol. The summed E-state index contributed by atoms with van der Waals surface area (Å²) < 4.78 is 11.3. The van der Waals surface area contributed by atoms with Crippen LogP contribution in [0, 0.1) is 0 Å². The van der Waals surface area contributed by atoms with E-state index in [1.165, 1.54) is 19.1 Å². The molecule has 2 aromatic carbocycles. The van der Waals surface area contributed by atoms with Crippen LogP contribution in [0.5, 0.6) is 11.5 Å². The predicted molar refractivity (Wildman–Crippen MR) is 98.4 cm³/mol. The molecule has 0 spiro atoms. The van der Waals surface area contributed by atoms with E-state index < -0.39 is 23.8 Å². The number of hydrogen-bond acceptors (Lipinski definition) is 6. The second kappa shape index (κ2) is 7.77. The molecule has 1 atom stereocenters. The predicted octanol–water partition coefficient (Wildman–Crippen LogP) is 1.10. The highest BCUT2D eigenvalue weighted by Crippen LogP contribution is 2.30. The van der Waals surface area contributed by atoms with Gasteiger partial charge in [0.25, 0.3) is 0 Å². The number of ether oxygens (including phenoxy) is 2. The third-order valence-electron chi connectivity index (χ3n) is 3.92. The largest absolute Gasteiger partial charge is 0.486 e. The van der Waals surface area contributed by atoms with Crippen molar-refractivity contribution in [1.82, 2.24) is 5.32 Å². The van der Waals surface area contributed by atoms with E-state index in [9.17, 15) is 14.4 Å². The Labute approximate surface area is 155 Å². The molecule has 1 aliphatic heterocycles. The lowest BCUT2D eigenvalue weighted by atomic mass is 10.2. The van der Waals surface area contributed by atoms with Crippen molar-refractivity contribution in [2.24, 2.45) is 0 Å². The van der Waals surface area contributed by atoms with Gasteiger partial charge in [0.1, 0.15) is 12.7 Å². The number of hydrogen-bond donors (Lipinski definition) is 2. The van der Waals surface area contributed by atoms with Crippen molar-refractivity contribution in [1.29, 1.82) is 0 Å². The van der Waals surface area contributed by atoms with E-state index in [0.29, 0.717) is 17.2 Å². The summed E-state index contributed by atoms with van der Waals surface area (Å²) in [5.41, 5.74) is 6.36. The number of benzene rings is 2. The van der Waals surface area contributed by atoms with E-state index in [2.05, 4.69) is 5.32 Å². The Morgan fingerprint density at radius 3 is 2.44 bits per heavy atom. The summed E-state index contributed by atoms with van der Waals surface area (Å²) in [7, 11) is 0. The van der Waals surface area contributed by atoms with Crippen LogP contribution in [0.1, 0.15) is 6.92 Å². The van der Waals surface area contributed by atoms with E-state index in [4.69, 9.17) is 15.2 Å². The van der Waals surface area contributed by atoms with Crippen LogP contribution in [0.15, 0.2) is 48.5 Å². The minimum atomic E-state index is -0.982. The van der Waals surface area contributed by atoms with Crippen LogP contribution in [-0.4, -0.2) is 37.0 Å². The Morgan fingerprint density at radius 2 is 1.78 bits per heavy atom. The number of nitrogen functional groups attached to an aromatic ring is 1. The van der Waals surface area contributed by atoms with Crippen molar-refractivity contribution in [3.63, 3.8) is 0 Å². The van der Waals surface area contributed by atoms with Gasteiger partial charge in [-0.3, -0.25) is 14.4 Å². The smallest absolute Gasteiger partial charge is 0.323 e. The van der Waals surface area contributed by atoms with Gasteiger partial charge in [-0.2, -0.15) is 0 Å². The van der Waals surface area contributed by atoms with E-state index in [1.807, 2.05) is 12.1 Å². The van der Waals surface area contributed by atoms with Crippen molar-refractivity contribution in [2.75, 3.05) is 23.8 Å². The molecule has 0 radical (unpaired) electrons. The second-order valence-corrected chi connectivity index (χ2v) is 5.96. The quantitative estimate of drug-likeness (QED) is 0.619. The van der Waals surface area contributed by atoms with Crippen LogP contribution in [0.2, 0.25) is 0 Å². The summed E-state index contributed by atoms with van der Waals surface area (Å²) >= 11 is 0. The van der Waals surface area contributed by atoms with Crippen molar-refractivity contribution in [3.8, 4) is 11.5 Å². The molecule has 0 fully saturated rings. The molecule has 0 saturated heterocycles. The highest BCUT2D eigenvalue weighted by atomic mass is 16.6. The fourth-order valence-electron chi connectivity index (χ4n) is 2.61. The van der Waals surface area contributed by atoms with Gasteiger partial charge < -0.3 is 20.5 Å². The summed E-state index contributed by atoms with van der Waals surface area (Å²) in [5, 5.41) is 2.49. The molecule has 8 nitrogen and oxygen atoms in total. The summed E-state index contributed by atoms with van der Waals surface area (Å²) in [4.78, 5) is 37.3. The van der Waals surface area contributed by atoms with Gasteiger partial charge in [-0.05, 0) is 36.4 Å². The van der Waals surface area contributed by atoms with Crippen molar-refractivity contribution < 1.29 is 23.9 Å². The lowest BCUT2D eigenvalue weighted by Gasteiger charge is -2.26. The highest BCUT2D eigenvalue weighted by molar-refractivity contribution is 6.45. The van der Waals surface area contributed by atoms with E-state index in [1.54, 1.807) is 24.3 Å². The fraction of sp³-hybridized carbons (Fsp3) is 0.211. The maximum Gasteiger partial charge on any atom is 0.323 e. The zero-order chi connectivity index (χ0) is 19.4. The minimum absolute atomic E-state index is 0.0619. The van der Waals surface area contributed by atoms with E-state index >= 15 is 0 Å². The molecule has 2 aromatic rings. The molecule has 0 aromatic heterocycles. The number of anilines is 2. The minimum Gasteiger partial charge on any atom is -0.486 e. The van der Waals surface area contributed by atoms with Crippen LogP contribution in [-0.2, 0) is 14.4 Å². The van der Waals surface area contributed by atoms with Crippen molar-refractivity contribution in [3.05, 3.63) is 48.5 Å². The number of imide groups is 1. The number of nitrogens with zero attached hydrogens (tertiary/aromatic N) is 1. The molecule has 1 unspecified atom stereocenters. The van der Waals surface area contributed by atoms with Crippen LogP contribution >= 0.6 is 0 Å². The maximum atomic E-state index is 12.4. The first-order valence-electron chi connectivity index (χ1n) is 8.32. The molecule has 3 amide bonds. The summed E-state index contributed by atoms with van der Waals surface area (Å²) in [6.07, 6.45) is -0.445. The number of nitrogens with one attached hydrogen (secondary N) is 1. The number of carbonyl (C=O) groups is 3. The number of carbonyl (C=O) groups excluding carboxylic acids is 3. The van der Waals surface area contributed by atoms with Crippen molar-refractivity contribution in [2.45, 2.75) is 13.0 Å². The van der Waals surface area contributed by atoms with Crippen LogP contribution in [0.25, 0.3) is 0 Å². The molecule has 1 heterocycles. The molecule has 0 saturated carbocycles. The molecule has 3 rings (SSSR count). The van der Waals surface area contributed by atoms with Gasteiger partial charge in [0.15, 0.2) is 11.5 Å². The topological polar surface area (TPSA) is 111 Å². The fourth-order valence-corrected chi connectivity index (χ4v) is 2.61. The number of rotatable bonds is 3. The Hall–Kier alpha value is -3.55. The lowest BCUT2D eigenvalue weighted by molar-refractivity contribution is -0.139. The molecule has 0 aliphatic carbocycles. The van der Waals surface area contributed by atoms with Gasteiger partial charge >= 0.3 is 11.8 Å². The number of fused-ring (bicyclic) bond motifs is 1. The summed E-state index contributed by atoms with van der Waals surface area (Å²) in [6, 6.07) is 13.3. The standard InChI is InChI=1S/C19H19N3O5/c1-12(23)22(14-8-6-13(20)7-9-14)19(25)18(24)21-10-15-11-26-16-4-2-3-5-17(16)27-15/h2-9,15H,10-11,20H2,1H3,(H,21,24). The Kier molecular flexibility index (Phi) is 5.25. The first-order valence-corrected chi connectivity index (χ1v) is 8.32.